The van der Waals surface area contributed by atoms with Crippen LogP contribution in [-0.2, 0) is 0 Å². The number of hydroxylamine groups is 1. The van der Waals surface area contributed by atoms with Gasteiger partial charge in [-0.1, -0.05) is 23.9 Å². The molecule has 102 valence electrons. The van der Waals surface area contributed by atoms with Crippen LogP contribution in [0, 0.1) is 15.5 Å². The van der Waals surface area contributed by atoms with Crippen LogP contribution < -0.4 is 5.48 Å². The van der Waals surface area contributed by atoms with Crippen LogP contribution in [0.2, 0.25) is 0 Å². The van der Waals surface area contributed by atoms with Crippen LogP contribution in [0.25, 0.3) is 0 Å². The summed E-state index contributed by atoms with van der Waals surface area (Å²) in [6.45, 7) is 0. The third-order valence-corrected chi connectivity index (χ3v) is 3.40. The molecule has 0 aliphatic heterocycles. The minimum absolute atomic E-state index is 0.0578. The monoisotopic (exact) mass is 291 g/mol. The Morgan fingerprint density at radius 2 is 2.15 bits per heavy atom. The third-order valence-electron chi connectivity index (χ3n) is 2.34. The number of nitrogens with zero attached hydrogens (tertiary/aromatic N) is 3. The van der Waals surface area contributed by atoms with Crippen molar-refractivity contribution in [2.45, 2.75) is 9.92 Å². The SMILES string of the molecule is N=C(NO)c1ccnnc1Sc1ccccc1[N+](=O)[O-]. The van der Waals surface area contributed by atoms with E-state index in [1.807, 2.05) is 0 Å². The first-order chi connectivity index (χ1) is 9.63. The van der Waals surface area contributed by atoms with Crippen molar-refractivity contribution >= 4 is 23.3 Å². The predicted molar refractivity (Wildman–Crippen MR) is 71.0 cm³/mol. The molecule has 1 heterocycles. The molecule has 0 fully saturated rings. The van der Waals surface area contributed by atoms with Crippen molar-refractivity contribution in [2.75, 3.05) is 0 Å². The molecule has 3 N–H and O–H groups in total. The topological polar surface area (TPSA) is 125 Å². The molecule has 0 bridgehead atoms. The molecule has 0 aliphatic carbocycles. The summed E-state index contributed by atoms with van der Waals surface area (Å²) in [5.41, 5.74) is 1.95. The molecule has 20 heavy (non-hydrogen) atoms. The lowest BCUT2D eigenvalue weighted by Crippen LogP contribution is -2.20. The van der Waals surface area contributed by atoms with Crippen molar-refractivity contribution in [3.63, 3.8) is 0 Å². The minimum atomic E-state index is -0.492. The maximum absolute atomic E-state index is 10.9. The quantitative estimate of drug-likeness (QED) is 0.339. The molecule has 0 saturated heterocycles. The third kappa shape index (κ3) is 2.90. The van der Waals surface area contributed by atoms with E-state index < -0.39 is 4.92 Å². The number of nitro groups is 1. The number of nitrogens with one attached hydrogen (secondary N) is 2. The summed E-state index contributed by atoms with van der Waals surface area (Å²) in [5, 5.41) is 35.1. The predicted octanol–water partition coefficient (Wildman–Crippen LogP) is 1.84. The van der Waals surface area contributed by atoms with Crippen LogP contribution in [0.3, 0.4) is 0 Å². The van der Waals surface area contributed by atoms with Gasteiger partial charge in [-0.3, -0.25) is 26.2 Å². The van der Waals surface area contributed by atoms with E-state index in [0.717, 1.165) is 11.8 Å². The number of hydrogen-bond acceptors (Lipinski definition) is 7. The molecule has 0 aliphatic rings. The van der Waals surface area contributed by atoms with E-state index in [2.05, 4.69) is 10.2 Å². The number of nitro benzene ring substituents is 1. The number of aromatic nitrogens is 2. The van der Waals surface area contributed by atoms with Gasteiger partial charge in [-0.05, 0) is 12.1 Å². The number of rotatable bonds is 4. The summed E-state index contributed by atoms with van der Waals surface area (Å²) in [5.74, 6) is -0.263. The van der Waals surface area contributed by atoms with E-state index in [9.17, 15) is 10.1 Å². The van der Waals surface area contributed by atoms with Gasteiger partial charge in [0.25, 0.3) is 5.69 Å². The summed E-state index contributed by atoms with van der Waals surface area (Å²) < 4.78 is 0. The van der Waals surface area contributed by atoms with Crippen molar-refractivity contribution in [1.29, 1.82) is 5.41 Å². The lowest BCUT2D eigenvalue weighted by molar-refractivity contribution is -0.387. The van der Waals surface area contributed by atoms with Gasteiger partial charge in [0, 0.05) is 6.07 Å². The molecule has 0 spiro atoms. The van der Waals surface area contributed by atoms with Crippen molar-refractivity contribution in [3.05, 3.63) is 52.2 Å². The number of benzene rings is 1. The van der Waals surface area contributed by atoms with Crippen molar-refractivity contribution < 1.29 is 10.1 Å². The molecule has 2 aromatic rings. The Kier molecular flexibility index (Phi) is 4.23. The van der Waals surface area contributed by atoms with E-state index in [1.165, 1.54) is 18.3 Å². The molecule has 1 aromatic carbocycles. The molecular formula is C11H9N5O3S. The molecule has 2 rings (SSSR count). The zero-order valence-corrected chi connectivity index (χ0v) is 10.8. The van der Waals surface area contributed by atoms with E-state index in [0.29, 0.717) is 10.5 Å². The fourth-order valence-electron chi connectivity index (χ4n) is 1.44. The lowest BCUT2D eigenvalue weighted by atomic mass is 10.3. The maximum atomic E-state index is 10.9. The fourth-order valence-corrected chi connectivity index (χ4v) is 2.41. The summed E-state index contributed by atoms with van der Waals surface area (Å²) >= 11 is 1.01. The second-order valence-electron chi connectivity index (χ2n) is 3.56. The standard InChI is InChI=1S/C11H9N5O3S/c12-10(15-17)7-5-6-13-14-11(7)20-9-4-2-1-3-8(9)16(18)19/h1-6,17H,(H2,12,15). The molecule has 0 amide bonds. The molecule has 8 nitrogen and oxygen atoms in total. The highest BCUT2D eigenvalue weighted by molar-refractivity contribution is 7.99. The van der Waals surface area contributed by atoms with Crippen molar-refractivity contribution in [3.8, 4) is 0 Å². The Bertz CT molecular complexity index is 664. The average molecular weight is 291 g/mol. The van der Waals surface area contributed by atoms with Gasteiger partial charge in [-0.15, -0.1) is 5.10 Å². The lowest BCUT2D eigenvalue weighted by Gasteiger charge is -2.07. The van der Waals surface area contributed by atoms with Crippen LogP contribution in [0.15, 0.2) is 46.5 Å². The average Bonchev–Trinajstić information content (AvgIpc) is 2.47. The van der Waals surface area contributed by atoms with Gasteiger partial charge in [-0.25, -0.2) is 0 Å². The second-order valence-corrected chi connectivity index (χ2v) is 4.59. The van der Waals surface area contributed by atoms with Crippen molar-refractivity contribution in [1.82, 2.24) is 15.7 Å². The van der Waals surface area contributed by atoms with Gasteiger partial charge in [-0.2, -0.15) is 5.10 Å². The Labute approximate surface area is 117 Å². The smallest absolute Gasteiger partial charge is 0.283 e. The van der Waals surface area contributed by atoms with E-state index in [-0.39, 0.29) is 16.5 Å². The fraction of sp³-hybridized carbons (Fsp3) is 0. The van der Waals surface area contributed by atoms with Crippen LogP contribution in [-0.4, -0.2) is 26.2 Å². The summed E-state index contributed by atoms with van der Waals surface area (Å²) in [4.78, 5) is 10.8. The Hall–Kier alpha value is -2.52. The molecule has 9 heteroatoms. The Morgan fingerprint density at radius 3 is 2.85 bits per heavy atom. The highest BCUT2D eigenvalue weighted by Crippen LogP contribution is 2.34. The number of amidine groups is 1. The second kappa shape index (κ2) is 6.08. The van der Waals surface area contributed by atoms with E-state index in [4.69, 9.17) is 10.6 Å². The van der Waals surface area contributed by atoms with Crippen LogP contribution >= 0.6 is 11.8 Å². The van der Waals surface area contributed by atoms with Gasteiger partial charge >= 0.3 is 0 Å². The number of hydrogen-bond donors (Lipinski definition) is 3. The van der Waals surface area contributed by atoms with Gasteiger partial charge in [0.15, 0.2) is 5.84 Å². The summed E-state index contributed by atoms with van der Waals surface area (Å²) in [6.07, 6.45) is 1.37. The largest absolute Gasteiger partial charge is 0.290 e. The van der Waals surface area contributed by atoms with Crippen LogP contribution in [0.4, 0.5) is 5.69 Å². The zero-order chi connectivity index (χ0) is 14.5. The highest BCUT2D eigenvalue weighted by atomic mass is 32.2. The zero-order valence-electron chi connectivity index (χ0n) is 9.98. The minimum Gasteiger partial charge on any atom is -0.290 e. The molecule has 0 unspecified atom stereocenters. The normalized spacial score (nSPS) is 10.1. The maximum Gasteiger partial charge on any atom is 0.283 e. The molecule has 0 atom stereocenters. The van der Waals surface area contributed by atoms with Gasteiger partial charge < -0.3 is 0 Å². The first-order valence-corrected chi connectivity index (χ1v) is 6.17. The first-order valence-electron chi connectivity index (χ1n) is 5.35. The molecule has 1 aromatic heterocycles. The van der Waals surface area contributed by atoms with E-state index in [1.54, 1.807) is 23.7 Å². The first kappa shape index (κ1) is 13.9. The Balaban J connectivity index is 2.41. The molecule has 0 radical (unpaired) electrons. The molecular weight excluding hydrogens is 282 g/mol. The number of para-hydroxylation sites is 1. The van der Waals surface area contributed by atoms with Gasteiger partial charge in [0.2, 0.25) is 0 Å². The van der Waals surface area contributed by atoms with Gasteiger partial charge in [0.1, 0.15) is 5.03 Å². The van der Waals surface area contributed by atoms with Crippen molar-refractivity contribution in [2.24, 2.45) is 0 Å². The highest BCUT2D eigenvalue weighted by Gasteiger charge is 2.17. The molecule has 0 saturated carbocycles. The Morgan fingerprint density at radius 1 is 1.40 bits per heavy atom. The van der Waals surface area contributed by atoms with Crippen LogP contribution in [0.1, 0.15) is 5.56 Å². The van der Waals surface area contributed by atoms with Crippen LogP contribution in [0.5, 0.6) is 0 Å². The van der Waals surface area contributed by atoms with Gasteiger partial charge in [0.05, 0.1) is 21.6 Å². The summed E-state index contributed by atoms with van der Waals surface area (Å²) in [7, 11) is 0. The summed E-state index contributed by atoms with van der Waals surface area (Å²) in [6, 6.07) is 7.68. The van der Waals surface area contributed by atoms with E-state index >= 15 is 0 Å².